The highest BCUT2D eigenvalue weighted by Gasteiger charge is 2.35. The molecule has 0 aromatic rings. The second-order valence-corrected chi connectivity index (χ2v) is 5.21. The molecule has 2 nitrogen and oxygen atoms in total. The van der Waals surface area contributed by atoms with Gasteiger partial charge < -0.3 is 10.1 Å². The summed E-state index contributed by atoms with van der Waals surface area (Å²) in [6.07, 6.45) is 7.27. The Morgan fingerprint density at radius 1 is 1.33 bits per heavy atom. The molecule has 0 amide bonds. The monoisotopic (exact) mass is 213 g/mol. The van der Waals surface area contributed by atoms with Gasteiger partial charge in [0.25, 0.3) is 0 Å². The van der Waals surface area contributed by atoms with E-state index in [4.69, 9.17) is 4.74 Å². The molecule has 0 radical (unpaired) electrons. The van der Waals surface area contributed by atoms with Crippen LogP contribution in [0, 0.1) is 5.41 Å². The van der Waals surface area contributed by atoms with E-state index in [1.165, 1.54) is 38.6 Å². The summed E-state index contributed by atoms with van der Waals surface area (Å²) >= 11 is 0. The molecule has 2 atom stereocenters. The molecular weight excluding hydrogens is 186 g/mol. The first-order chi connectivity index (χ1) is 7.13. The molecule has 1 rings (SSSR count). The molecule has 2 unspecified atom stereocenters. The first-order valence-electron chi connectivity index (χ1n) is 6.40. The summed E-state index contributed by atoms with van der Waals surface area (Å²) in [6.45, 7) is 7.81. The lowest BCUT2D eigenvalue weighted by molar-refractivity contribution is 0.0661. The van der Waals surface area contributed by atoms with Crippen molar-refractivity contribution in [2.75, 3.05) is 13.7 Å². The van der Waals surface area contributed by atoms with Gasteiger partial charge in [-0.25, -0.2) is 0 Å². The van der Waals surface area contributed by atoms with Crippen molar-refractivity contribution in [1.29, 1.82) is 0 Å². The van der Waals surface area contributed by atoms with Crippen LogP contribution in [0.25, 0.3) is 0 Å². The third kappa shape index (κ3) is 3.46. The predicted octanol–water partition coefficient (Wildman–Crippen LogP) is 2.97. The fraction of sp³-hybridized carbons (Fsp3) is 1.00. The van der Waals surface area contributed by atoms with E-state index in [0.717, 1.165) is 0 Å². The molecule has 2 heteroatoms. The average Bonchev–Trinajstić information content (AvgIpc) is 2.20. The maximum absolute atomic E-state index is 5.33. The predicted molar refractivity (Wildman–Crippen MR) is 65.1 cm³/mol. The first kappa shape index (κ1) is 13.0. The molecule has 0 aromatic carbocycles. The van der Waals surface area contributed by atoms with E-state index in [1.54, 1.807) is 7.11 Å². The standard InChI is InChI=1S/C13H27NO/c1-5-7-13(8-6-9-13)10-14-11(2)12(3)15-4/h11-12,14H,5-10H2,1-4H3. The van der Waals surface area contributed by atoms with Crippen LogP contribution in [0.1, 0.15) is 52.9 Å². The molecule has 0 spiro atoms. The zero-order chi connectivity index (χ0) is 11.3. The number of rotatable bonds is 7. The van der Waals surface area contributed by atoms with E-state index in [2.05, 4.69) is 26.1 Å². The van der Waals surface area contributed by atoms with Crippen molar-refractivity contribution >= 4 is 0 Å². The van der Waals surface area contributed by atoms with E-state index in [9.17, 15) is 0 Å². The van der Waals surface area contributed by atoms with Crippen LogP contribution in [0.5, 0.6) is 0 Å². The second-order valence-electron chi connectivity index (χ2n) is 5.21. The lowest BCUT2D eigenvalue weighted by Crippen LogP contribution is -2.46. The molecular formula is C13H27NO. The Balaban J connectivity index is 2.28. The molecule has 15 heavy (non-hydrogen) atoms. The van der Waals surface area contributed by atoms with Crippen LogP contribution in [0.3, 0.4) is 0 Å². The third-order valence-corrected chi connectivity index (χ3v) is 4.07. The Hall–Kier alpha value is -0.0800. The largest absolute Gasteiger partial charge is 0.380 e. The molecule has 0 heterocycles. The van der Waals surface area contributed by atoms with Gasteiger partial charge in [0.2, 0.25) is 0 Å². The Labute approximate surface area is 94.8 Å². The first-order valence-corrected chi connectivity index (χ1v) is 6.40. The normalized spacial score (nSPS) is 23.2. The zero-order valence-electron chi connectivity index (χ0n) is 10.8. The summed E-state index contributed by atoms with van der Waals surface area (Å²) in [6, 6.07) is 0.462. The molecule has 1 N–H and O–H groups in total. The van der Waals surface area contributed by atoms with Crippen LogP contribution < -0.4 is 5.32 Å². The number of methoxy groups -OCH3 is 1. The molecule has 0 bridgehead atoms. The summed E-state index contributed by atoms with van der Waals surface area (Å²) in [7, 11) is 1.79. The topological polar surface area (TPSA) is 21.3 Å². The molecule has 1 saturated carbocycles. The van der Waals surface area contributed by atoms with E-state index in [0.29, 0.717) is 17.6 Å². The van der Waals surface area contributed by atoms with Crippen LogP contribution in [0.4, 0.5) is 0 Å². The fourth-order valence-corrected chi connectivity index (χ4v) is 2.47. The molecule has 1 aliphatic carbocycles. The van der Waals surface area contributed by atoms with Gasteiger partial charge in [-0.2, -0.15) is 0 Å². The van der Waals surface area contributed by atoms with Gasteiger partial charge in [0.1, 0.15) is 0 Å². The van der Waals surface area contributed by atoms with E-state index < -0.39 is 0 Å². The molecule has 90 valence electrons. The Bertz CT molecular complexity index is 177. The highest BCUT2D eigenvalue weighted by molar-refractivity contribution is 4.90. The van der Waals surface area contributed by atoms with Gasteiger partial charge in [0.05, 0.1) is 6.10 Å². The molecule has 0 saturated heterocycles. The maximum Gasteiger partial charge on any atom is 0.0693 e. The molecule has 1 aliphatic rings. The smallest absolute Gasteiger partial charge is 0.0693 e. The van der Waals surface area contributed by atoms with E-state index >= 15 is 0 Å². The van der Waals surface area contributed by atoms with Crippen LogP contribution in [-0.4, -0.2) is 25.8 Å². The summed E-state index contributed by atoms with van der Waals surface area (Å²) in [5, 5.41) is 3.64. The van der Waals surface area contributed by atoms with Crippen LogP contribution >= 0.6 is 0 Å². The van der Waals surface area contributed by atoms with Gasteiger partial charge >= 0.3 is 0 Å². The van der Waals surface area contributed by atoms with Gasteiger partial charge in [0.15, 0.2) is 0 Å². The van der Waals surface area contributed by atoms with Crippen molar-refractivity contribution in [2.24, 2.45) is 5.41 Å². The number of hydrogen-bond acceptors (Lipinski definition) is 2. The van der Waals surface area contributed by atoms with Gasteiger partial charge in [-0.3, -0.25) is 0 Å². The average molecular weight is 213 g/mol. The summed E-state index contributed by atoms with van der Waals surface area (Å²) in [5.74, 6) is 0. The quantitative estimate of drug-likeness (QED) is 0.702. The van der Waals surface area contributed by atoms with Crippen molar-refractivity contribution in [3.63, 3.8) is 0 Å². The minimum Gasteiger partial charge on any atom is -0.380 e. The summed E-state index contributed by atoms with van der Waals surface area (Å²) in [5.41, 5.74) is 0.621. The molecule has 1 fully saturated rings. The van der Waals surface area contributed by atoms with Crippen LogP contribution in [0.15, 0.2) is 0 Å². The highest BCUT2D eigenvalue weighted by Crippen LogP contribution is 2.44. The lowest BCUT2D eigenvalue weighted by atomic mass is 9.66. The second kappa shape index (κ2) is 5.86. The number of hydrogen-bond donors (Lipinski definition) is 1. The van der Waals surface area contributed by atoms with Gasteiger partial charge in [0, 0.05) is 19.7 Å². The van der Waals surface area contributed by atoms with Crippen molar-refractivity contribution < 1.29 is 4.74 Å². The van der Waals surface area contributed by atoms with Crippen molar-refractivity contribution in [1.82, 2.24) is 5.32 Å². The van der Waals surface area contributed by atoms with Crippen LogP contribution in [0.2, 0.25) is 0 Å². The van der Waals surface area contributed by atoms with Gasteiger partial charge in [-0.1, -0.05) is 19.8 Å². The van der Waals surface area contributed by atoms with Crippen molar-refractivity contribution in [3.05, 3.63) is 0 Å². The summed E-state index contributed by atoms with van der Waals surface area (Å²) < 4.78 is 5.33. The van der Waals surface area contributed by atoms with Crippen molar-refractivity contribution in [3.8, 4) is 0 Å². The SMILES string of the molecule is CCCC1(CNC(C)C(C)OC)CCC1. The Morgan fingerprint density at radius 2 is 2.00 bits per heavy atom. The van der Waals surface area contributed by atoms with E-state index in [1.807, 2.05) is 0 Å². The Morgan fingerprint density at radius 3 is 2.40 bits per heavy atom. The van der Waals surface area contributed by atoms with Gasteiger partial charge in [-0.05, 0) is 38.5 Å². The molecule has 0 aromatic heterocycles. The fourth-order valence-electron chi connectivity index (χ4n) is 2.47. The molecule has 0 aliphatic heterocycles. The third-order valence-electron chi connectivity index (χ3n) is 4.07. The van der Waals surface area contributed by atoms with Gasteiger partial charge in [-0.15, -0.1) is 0 Å². The van der Waals surface area contributed by atoms with Crippen molar-refractivity contribution in [2.45, 2.75) is 65.0 Å². The maximum atomic E-state index is 5.33. The number of ether oxygens (including phenoxy) is 1. The van der Waals surface area contributed by atoms with E-state index in [-0.39, 0.29) is 0 Å². The highest BCUT2D eigenvalue weighted by atomic mass is 16.5. The number of nitrogens with one attached hydrogen (secondary N) is 1. The Kier molecular flexibility index (Phi) is 5.07. The summed E-state index contributed by atoms with van der Waals surface area (Å²) in [4.78, 5) is 0. The minimum atomic E-state index is 0.309. The zero-order valence-corrected chi connectivity index (χ0v) is 10.8. The minimum absolute atomic E-state index is 0.309. The lowest BCUT2D eigenvalue weighted by Gasteiger charge is -2.43. The van der Waals surface area contributed by atoms with Crippen LogP contribution in [-0.2, 0) is 4.74 Å².